The fourth-order valence-electron chi connectivity index (χ4n) is 2.44. The van der Waals surface area contributed by atoms with E-state index in [1.807, 2.05) is 19.1 Å². The molecule has 2 amide bonds. The fourth-order valence-corrected chi connectivity index (χ4v) is 2.44. The monoisotopic (exact) mass is 281 g/mol. The molecule has 0 unspecified atom stereocenters. The van der Waals surface area contributed by atoms with Crippen LogP contribution < -0.4 is 10.2 Å². The van der Waals surface area contributed by atoms with Gasteiger partial charge < -0.3 is 10.2 Å². The molecule has 2 aromatic rings. The van der Waals surface area contributed by atoms with E-state index in [1.165, 1.54) is 0 Å². The number of carbonyl (C=O) groups excluding carboxylic acids is 2. The number of aromatic nitrogens is 1. The van der Waals surface area contributed by atoms with Gasteiger partial charge >= 0.3 is 0 Å². The highest BCUT2D eigenvalue weighted by Crippen LogP contribution is 2.24. The van der Waals surface area contributed by atoms with Gasteiger partial charge in [0.05, 0.1) is 24.3 Å². The predicted octanol–water partition coefficient (Wildman–Crippen LogP) is 1.67. The third kappa shape index (κ3) is 2.63. The molecular weight excluding hydrogens is 266 g/mol. The number of anilines is 1. The van der Waals surface area contributed by atoms with Crippen LogP contribution in [0.15, 0.2) is 42.7 Å². The van der Waals surface area contributed by atoms with E-state index in [0.717, 1.165) is 11.1 Å². The summed E-state index contributed by atoms with van der Waals surface area (Å²) in [5.41, 5.74) is 3.13. The third-order valence-electron chi connectivity index (χ3n) is 3.41. The molecule has 5 nitrogen and oxygen atoms in total. The second kappa shape index (κ2) is 5.36. The van der Waals surface area contributed by atoms with Crippen molar-refractivity contribution < 1.29 is 9.59 Å². The summed E-state index contributed by atoms with van der Waals surface area (Å²) in [6.07, 6.45) is 3.51. The molecule has 0 aliphatic carbocycles. The Morgan fingerprint density at radius 2 is 2.05 bits per heavy atom. The minimum absolute atomic E-state index is 0.00670. The summed E-state index contributed by atoms with van der Waals surface area (Å²) in [6, 6.07) is 9.13. The van der Waals surface area contributed by atoms with Crippen molar-refractivity contribution in [3.05, 3.63) is 59.4 Å². The molecule has 1 N–H and O–H groups in total. The lowest BCUT2D eigenvalue weighted by atomic mass is 10.1. The lowest BCUT2D eigenvalue weighted by Gasteiger charge is -2.22. The number of hydrogen-bond donors (Lipinski definition) is 1. The molecule has 2 heterocycles. The summed E-state index contributed by atoms with van der Waals surface area (Å²) in [6.45, 7) is 2.37. The molecule has 0 saturated heterocycles. The van der Waals surface area contributed by atoms with Crippen molar-refractivity contribution in [2.24, 2.45) is 0 Å². The first-order valence-electron chi connectivity index (χ1n) is 6.73. The zero-order valence-corrected chi connectivity index (χ0v) is 11.7. The molecule has 0 saturated carbocycles. The molecule has 0 spiro atoms. The van der Waals surface area contributed by atoms with E-state index < -0.39 is 0 Å². The van der Waals surface area contributed by atoms with E-state index in [9.17, 15) is 9.59 Å². The number of pyridine rings is 1. The number of aryl methyl sites for hydroxylation is 1. The van der Waals surface area contributed by atoms with Gasteiger partial charge in [-0.15, -0.1) is 0 Å². The van der Waals surface area contributed by atoms with Crippen molar-refractivity contribution in [1.82, 2.24) is 10.3 Å². The van der Waals surface area contributed by atoms with Crippen molar-refractivity contribution >= 4 is 17.5 Å². The quantitative estimate of drug-likeness (QED) is 0.910. The van der Waals surface area contributed by atoms with Crippen LogP contribution in [0.2, 0.25) is 0 Å². The van der Waals surface area contributed by atoms with Gasteiger partial charge in [-0.1, -0.05) is 18.2 Å². The average molecular weight is 281 g/mol. The van der Waals surface area contributed by atoms with Gasteiger partial charge in [0.1, 0.15) is 0 Å². The van der Waals surface area contributed by atoms with E-state index in [2.05, 4.69) is 10.3 Å². The second-order valence-electron chi connectivity index (χ2n) is 5.05. The van der Waals surface area contributed by atoms with Gasteiger partial charge in [-0.05, 0) is 30.2 Å². The summed E-state index contributed by atoms with van der Waals surface area (Å²) < 4.78 is 0. The molecule has 1 aromatic heterocycles. The van der Waals surface area contributed by atoms with Gasteiger partial charge in [0.15, 0.2) is 0 Å². The first kappa shape index (κ1) is 13.3. The minimum Gasteiger partial charge on any atom is -0.343 e. The molecule has 3 rings (SSSR count). The normalized spacial score (nSPS) is 14.4. The highest BCUT2D eigenvalue weighted by molar-refractivity contribution is 6.09. The summed E-state index contributed by atoms with van der Waals surface area (Å²) in [4.78, 5) is 30.1. The van der Waals surface area contributed by atoms with Gasteiger partial charge in [-0.25, -0.2) is 0 Å². The Hall–Kier alpha value is -2.69. The SMILES string of the molecule is Cc1cncc(CN2C(=O)CNC(=O)c3ccccc32)c1. The fraction of sp³-hybridized carbons (Fsp3) is 0.188. The molecule has 0 bridgehead atoms. The molecule has 21 heavy (non-hydrogen) atoms. The summed E-state index contributed by atoms with van der Waals surface area (Å²) >= 11 is 0. The highest BCUT2D eigenvalue weighted by Gasteiger charge is 2.25. The Morgan fingerprint density at radius 3 is 2.86 bits per heavy atom. The van der Waals surface area contributed by atoms with Gasteiger partial charge in [0, 0.05) is 12.4 Å². The average Bonchev–Trinajstić information content (AvgIpc) is 2.60. The maximum absolute atomic E-state index is 12.3. The maximum Gasteiger partial charge on any atom is 0.253 e. The summed E-state index contributed by atoms with van der Waals surface area (Å²) in [7, 11) is 0. The second-order valence-corrected chi connectivity index (χ2v) is 5.05. The van der Waals surface area contributed by atoms with Crippen LogP contribution in [-0.2, 0) is 11.3 Å². The molecule has 106 valence electrons. The lowest BCUT2D eigenvalue weighted by Crippen LogP contribution is -2.36. The summed E-state index contributed by atoms with van der Waals surface area (Å²) in [5, 5.41) is 2.63. The van der Waals surface area contributed by atoms with Crippen molar-refractivity contribution in [3.8, 4) is 0 Å². The minimum atomic E-state index is -0.219. The highest BCUT2D eigenvalue weighted by atomic mass is 16.2. The van der Waals surface area contributed by atoms with E-state index in [0.29, 0.717) is 17.8 Å². The van der Waals surface area contributed by atoms with E-state index in [4.69, 9.17) is 0 Å². The smallest absolute Gasteiger partial charge is 0.253 e. The number of carbonyl (C=O) groups is 2. The molecule has 5 heteroatoms. The number of nitrogens with one attached hydrogen (secondary N) is 1. The van der Waals surface area contributed by atoms with Crippen LogP contribution in [0.4, 0.5) is 5.69 Å². The van der Waals surface area contributed by atoms with Crippen LogP contribution >= 0.6 is 0 Å². The number of hydrogen-bond acceptors (Lipinski definition) is 3. The first-order chi connectivity index (χ1) is 10.1. The largest absolute Gasteiger partial charge is 0.343 e. The number of fused-ring (bicyclic) bond motifs is 1. The molecule has 0 atom stereocenters. The molecule has 1 aromatic carbocycles. The Balaban J connectivity index is 2.01. The Morgan fingerprint density at radius 1 is 1.24 bits per heavy atom. The van der Waals surface area contributed by atoms with Crippen LogP contribution in [0.3, 0.4) is 0 Å². The van der Waals surface area contributed by atoms with Crippen LogP contribution in [0.1, 0.15) is 21.5 Å². The Bertz CT molecular complexity index is 712. The van der Waals surface area contributed by atoms with Crippen LogP contribution in [0.5, 0.6) is 0 Å². The van der Waals surface area contributed by atoms with Gasteiger partial charge in [-0.2, -0.15) is 0 Å². The van der Waals surface area contributed by atoms with E-state index in [1.54, 1.807) is 35.5 Å². The van der Waals surface area contributed by atoms with Crippen molar-refractivity contribution in [2.75, 3.05) is 11.4 Å². The predicted molar refractivity (Wildman–Crippen MR) is 78.9 cm³/mol. The zero-order chi connectivity index (χ0) is 14.8. The Labute approximate surface area is 122 Å². The molecule has 0 fully saturated rings. The number of rotatable bonds is 2. The molecule has 0 radical (unpaired) electrons. The molecule has 1 aliphatic rings. The molecule has 1 aliphatic heterocycles. The number of benzene rings is 1. The zero-order valence-electron chi connectivity index (χ0n) is 11.7. The van der Waals surface area contributed by atoms with Gasteiger partial charge in [-0.3, -0.25) is 14.6 Å². The number of para-hydroxylation sites is 1. The standard InChI is InChI=1S/C16H15N3O2/c1-11-6-12(8-17-7-11)10-19-14-5-3-2-4-13(14)16(21)18-9-15(19)20/h2-8H,9-10H2,1H3,(H,18,21). The third-order valence-corrected chi connectivity index (χ3v) is 3.41. The molecular formula is C16H15N3O2. The van der Waals surface area contributed by atoms with E-state index >= 15 is 0 Å². The maximum atomic E-state index is 12.3. The summed E-state index contributed by atoms with van der Waals surface area (Å²) in [5.74, 6) is -0.348. The van der Waals surface area contributed by atoms with Gasteiger partial charge in [0.25, 0.3) is 5.91 Å². The topological polar surface area (TPSA) is 62.3 Å². The van der Waals surface area contributed by atoms with E-state index in [-0.39, 0.29) is 18.4 Å². The van der Waals surface area contributed by atoms with Crippen LogP contribution in [0.25, 0.3) is 0 Å². The number of amides is 2. The van der Waals surface area contributed by atoms with Crippen molar-refractivity contribution in [3.63, 3.8) is 0 Å². The van der Waals surface area contributed by atoms with Crippen LogP contribution in [0, 0.1) is 6.92 Å². The van der Waals surface area contributed by atoms with Gasteiger partial charge in [0.2, 0.25) is 5.91 Å². The number of nitrogens with zero attached hydrogens (tertiary/aromatic N) is 2. The van der Waals surface area contributed by atoms with Crippen molar-refractivity contribution in [2.45, 2.75) is 13.5 Å². The first-order valence-corrected chi connectivity index (χ1v) is 6.73. The van der Waals surface area contributed by atoms with Crippen molar-refractivity contribution in [1.29, 1.82) is 0 Å². The lowest BCUT2D eigenvalue weighted by molar-refractivity contribution is -0.117. The Kier molecular flexibility index (Phi) is 3.39. The van der Waals surface area contributed by atoms with Crippen LogP contribution in [-0.4, -0.2) is 23.3 Å².